The van der Waals surface area contributed by atoms with Crippen LogP contribution in [0.5, 0.6) is 0 Å². The molecule has 1 aliphatic carbocycles. The van der Waals surface area contributed by atoms with E-state index in [4.69, 9.17) is 0 Å². The maximum atomic E-state index is 9.71. The highest BCUT2D eigenvalue weighted by molar-refractivity contribution is 4.90. The average Bonchev–Trinajstić information content (AvgIpc) is 1.79. The Kier molecular flexibility index (Phi) is 3.36. The van der Waals surface area contributed by atoms with Crippen molar-refractivity contribution in [1.29, 1.82) is 0 Å². The predicted octanol–water partition coefficient (Wildman–Crippen LogP) is 1.78. The minimum atomic E-state index is -0.464. The Bertz CT molecular complexity index is 154. The van der Waals surface area contributed by atoms with Gasteiger partial charge in [-0.3, -0.25) is 0 Å². The highest BCUT2D eigenvalue weighted by Crippen LogP contribution is 2.40. The van der Waals surface area contributed by atoms with Crippen molar-refractivity contribution in [2.45, 2.75) is 52.2 Å². The molecule has 1 aliphatic rings. The minimum Gasteiger partial charge on any atom is -0.390 e. The maximum Gasteiger partial charge on any atom is 0.0620 e. The molecule has 0 unspecified atom stereocenters. The summed E-state index contributed by atoms with van der Waals surface area (Å²) in [5.74, 6) is 1.31. The third-order valence-corrected chi connectivity index (χ3v) is 3.05. The smallest absolute Gasteiger partial charge is 0.0620 e. The van der Waals surface area contributed by atoms with Crippen LogP contribution >= 0.6 is 0 Å². The van der Waals surface area contributed by atoms with Gasteiger partial charge in [-0.15, -0.1) is 0 Å². The number of hydrogen-bond donors (Lipinski definition) is 2. The van der Waals surface area contributed by atoms with Crippen LogP contribution in [0.25, 0.3) is 0 Å². The van der Waals surface area contributed by atoms with Crippen molar-refractivity contribution in [3.8, 4) is 0 Å². The van der Waals surface area contributed by atoms with Crippen LogP contribution in [-0.4, -0.2) is 23.3 Å². The van der Waals surface area contributed by atoms with E-state index in [-0.39, 0.29) is 0 Å². The molecule has 0 atom stereocenters. The molecule has 1 saturated carbocycles. The first kappa shape index (κ1) is 11.0. The Balaban J connectivity index is 2.12. The van der Waals surface area contributed by atoms with E-state index in [9.17, 15) is 5.11 Å². The SMILES string of the molecule is CC(C)NCC1CC(C(C)(C)O)C1. The van der Waals surface area contributed by atoms with Crippen molar-refractivity contribution in [2.75, 3.05) is 6.54 Å². The summed E-state index contributed by atoms with van der Waals surface area (Å²) in [6, 6.07) is 0.584. The zero-order valence-electron chi connectivity index (χ0n) is 9.30. The Morgan fingerprint density at radius 2 is 1.92 bits per heavy atom. The fraction of sp³-hybridized carbons (Fsp3) is 1.00. The topological polar surface area (TPSA) is 32.3 Å². The third-order valence-electron chi connectivity index (χ3n) is 3.05. The molecule has 0 amide bonds. The highest BCUT2D eigenvalue weighted by Gasteiger charge is 2.38. The first-order valence-corrected chi connectivity index (χ1v) is 5.35. The minimum absolute atomic E-state index is 0.464. The fourth-order valence-corrected chi connectivity index (χ4v) is 1.88. The Morgan fingerprint density at radius 3 is 2.31 bits per heavy atom. The Morgan fingerprint density at radius 1 is 1.38 bits per heavy atom. The molecule has 2 N–H and O–H groups in total. The van der Waals surface area contributed by atoms with Crippen molar-refractivity contribution in [3.63, 3.8) is 0 Å². The normalized spacial score (nSPS) is 29.1. The molecule has 2 nitrogen and oxygen atoms in total. The van der Waals surface area contributed by atoms with Gasteiger partial charge in [0, 0.05) is 6.04 Å². The fourth-order valence-electron chi connectivity index (χ4n) is 1.88. The molecule has 0 aromatic heterocycles. The maximum absolute atomic E-state index is 9.71. The van der Waals surface area contributed by atoms with E-state index in [2.05, 4.69) is 19.2 Å². The second-order valence-electron chi connectivity index (χ2n) is 5.25. The Labute approximate surface area is 81.7 Å². The van der Waals surface area contributed by atoms with Crippen molar-refractivity contribution >= 4 is 0 Å². The summed E-state index contributed by atoms with van der Waals surface area (Å²) < 4.78 is 0. The van der Waals surface area contributed by atoms with E-state index in [1.165, 1.54) is 12.8 Å². The van der Waals surface area contributed by atoms with E-state index in [1.807, 2.05) is 13.8 Å². The number of hydrogen-bond acceptors (Lipinski definition) is 2. The second kappa shape index (κ2) is 3.97. The molecular weight excluding hydrogens is 162 g/mol. The van der Waals surface area contributed by atoms with Gasteiger partial charge in [0.15, 0.2) is 0 Å². The average molecular weight is 185 g/mol. The molecule has 0 heterocycles. The summed E-state index contributed by atoms with van der Waals surface area (Å²) in [4.78, 5) is 0. The summed E-state index contributed by atoms with van der Waals surface area (Å²) in [5, 5.41) is 13.1. The largest absolute Gasteiger partial charge is 0.390 e. The quantitative estimate of drug-likeness (QED) is 0.700. The molecule has 2 heteroatoms. The van der Waals surface area contributed by atoms with Gasteiger partial charge in [-0.1, -0.05) is 13.8 Å². The zero-order valence-corrected chi connectivity index (χ0v) is 9.30. The van der Waals surface area contributed by atoms with Crippen molar-refractivity contribution < 1.29 is 5.11 Å². The lowest BCUT2D eigenvalue weighted by molar-refractivity contribution is -0.0426. The summed E-state index contributed by atoms with van der Waals surface area (Å²) in [5.41, 5.74) is -0.464. The van der Waals surface area contributed by atoms with Crippen LogP contribution in [0, 0.1) is 11.8 Å². The Hall–Kier alpha value is -0.0800. The van der Waals surface area contributed by atoms with Crippen LogP contribution in [-0.2, 0) is 0 Å². The summed E-state index contributed by atoms with van der Waals surface area (Å²) in [6.07, 6.45) is 2.37. The molecule has 0 saturated heterocycles. The predicted molar refractivity (Wildman–Crippen MR) is 55.7 cm³/mol. The van der Waals surface area contributed by atoms with Gasteiger partial charge in [-0.2, -0.15) is 0 Å². The van der Waals surface area contributed by atoms with Gasteiger partial charge >= 0.3 is 0 Å². The third kappa shape index (κ3) is 3.28. The molecule has 0 bridgehead atoms. The van der Waals surface area contributed by atoms with Gasteiger partial charge in [-0.05, 0) is 45.1 Å². The van der Waals surface area contributed by atoms with Gasteiger partial charge in [0.1, 0.15) is 0 Å². The summed E-state index contributed by atoms with van der Waals surface area (Å²) in [7, 11) is 0. The van der Waals surface area contributed by atoms with Gasteiger partial charge in [0.2, 0.25) is 0 Å². The van der Waals surface area contributed by atoms with Gasteiger partial charge < -0.3 is 10.4 Å². The molecule has 0 aliphatic heterocycles. The number of aliphatic hydroxyl groups is 1. The van der Waals surface area contributed by atoms with Crippen molar-refractivity contribution in [2.24, 2.45) is 11.8 Å². The zero-order chi connectivity index (χ0) is 10.1. The second-order valence-corrected chi connectivity index (χ2v) is 5.25. The highest BCUT2D eigenvalue weighted by atomic mass is 16.3. The number of rotatable bonds is 4. The molecular formula is C11H23NO. The summed E-state index contributed by atoms with van der Waals surface area (Å²) >= 11 is 0. The van der Waals surface area contributed by atoms with Crippen LogP contribution in [0.1, 0.15) is 40.5 Å². The van der Waals surface area contributed by atoms with E-state index < -0.39 is 5.60 Å². The molecule has 0 aromatic rings. The monoisotopic (exact) mass is 185 g/mol. The molecule has 1 rings (SSSR count). The van der Waals surface area contributed by atoms with Gasteiger partial charge in [0.25, 0.3) is 0 Å². The molecule has 0 radical (unpaired) electrons. The lowest BCUT2D eigenvalue weighted by Crippen LogP contribution is -2.44. The van der Waals surface area contributed by atoms with E-state index in [0.29, 0.717) is 12.0 Å². The van der Waals surface area contributed by atoms with Crippen LogP contribution in [0.15, 0.2) is 0 Å². The summed E-state index contributed by atoms with van der Waals surface area (Å²) in [6.45, 7) is 9.30. The molecule has 0 spiro atoms. The van der Waals surface area contributed by atoms with Crippen LogP contribution in [0.4, 0.5) is 0 Å². The van der Waals surface area contributed by atoms with E-state index in [1.54, 1.807) is 0 Å². The molecule has 0 aromatic carbocycles. The first-order chi connectivity index (χ1) is 5.89. The molecule has 78 valence electrons. The first-order valence-electron chi connectivity index (χ1n) is 5.35. The lowest BCUT2D eigenvalue weighted by atomic mass is 9.67. The van der Waals surface area contributed by atoms with E-state index >= 15 is 0 Å². The molecule has 13 heavy (non-hydrogen) atoms. The van der Waals surface area contributed by atoms with Crippen LogP contribution < -0.4 is 5.32 Å². The van der Waals surface area contributed by atoms with Crippen molar-refractivity contribution in [3.05, 3.63) is 0 Å². The molecule has 1 fully saturated rings. The van der Waals surface area contributed by atoms with Crippen LogP contribution in [0.2, 0.25) is 0 Å². The van der Waals surface area contributed by atoms with Gasteiger partial charge in [0.05, 0.1) is 5.60 Å². The van der Waals surface area contributed by atoms with Gasteiger partial charge in [-0.25, -0.2) is 0 Å². The van der Waals surface area contributed by atoms with Crippen molar-refractivity contribution in [1.82, 2.24) is 5.32 Å². The number of nitrogens with one attached hydrogen (secondary N) is 1. The lowest BCUT2D eigenvalue weighted by Gasteiger charge is -2.43. The standard InChI is InChI=1S/C11H23NO/c1-8(2)12-7-9-5-10(6-9)11(3,4)13/h8-10,12-13H,5-7H2,1-4H3. The van der Waals surface area contributed by atoms with Crippen LogP contribution in [0.3, 0.4) is 0 Å². The van der Waals surface area contributed by atoms with E-state index in [0.717, 1.165) is 12.5 Å².